The molecule has 7 fully saturated rings. The van der Waals surface area contributed by atoms with E-state index in [2.05, 4.69) is 35.6 Å². The number of esters is 8. The number of fused-ring (bicyclic) bond motifs is 1. The summed E-state index contributed by atoms with van der Waals surface area (Å²) in [4.78, 5) is 156. The van der Waals surface area contributed by atoms with Crippen molar-refractivity contribution in [3.63, 3.8) is 0 Å². The van der Waals surface area contributed by atoms with Gasteiger partial charge in [-0.15, -0.1) is 0 Å². The van der Waals surface area contributed by atoms with Crippen LogP contribution in [0.15, 0.2) is 182 Å². The summed E-state index contributed by atoms with van der Waals surface area (Å²) in [7, 11) is -0.914. The first-order valence-corrected chi connectivity index (χ1v) is 52.4. The highest BCUT2D eigenvalue weighted by atomic mass is 28.3. The second kappa shape index (κ2) is 52.2. The number of benzene rings is 6. The first-order chi connectivity index (χ1) is 69.8. The molecule has 0 unspecified atom stereocenters. The monoisotopic (exact) mass is 2060 g/mol. The molecule has 146 heavy (non-hydrogen) atoms. The Morgan fingerprint density at radius 3 is 1.29 bits per heavy atom. The normalized spacial score (nSPS) is 29.6. The number of hydrogen-bond donors (Lipinski definition) is 3. The van der Waals surface area contributed by atoms with Gasteiger partial charge in [0.2, 0.25) is 17.7 Å². The molecule has 41 heteroatoms. The van der Waals surface area contributed by atoms with E-state index in [0.717, 1.165) is 84.8 Å². The van der Waals surface area contributed by atoms with E-state index in [4.69, 9.17) is 123 Å². The van der Waals surface area contributed by atoms with Crippen LogP contribution in [-0.2, 0) is 216 Å². The molecule has 13 rings (SSSR count). The lowest BCUT2D eigenvalue weighted by Gasteiger charge is -2.54. The van der Waals surface area contributed by atoms with Crippen LogP contribution in [0.1, 0.15) is 122 Å². The molecule has 6 aromatic carbocycles. The SMILES string of the molecule is COC(=O)[C@@]1(O[C@H]2[C@@H](O[C@@H]3O[C@H](COCc4ccccc4)[C@@H]4OC(C)(C)O[C@@H]4[C@H]3NC(C)=O)[C@@H](COCc3ccccc3)O[C@@H](O[C@H]3[C@H](OCc4ccccc4)[C@@H](OCc4ccccc4)[C@H](OCC[Si](C)(C)C)O[C@@H]3COCc3ccccc3)[C@@H]2OCc2ccccc2)C[C@H](OC(C)=O)[C@@H](NC(C)=O)[C@H]([C@H](OC(C)=O)[C@H]2COC(=O)[C@]3(C[C@H](OC(C)=O)[C@@H](NC(C)=O)[C@H]([C@H](OC(C)=O)[C@@H](COC(C)=O)OC(C)=O)O3)O2)O1. The molecule has 0 aliphatic carbocycles. The quantitative estimate of drug-likeness (QED) is 0.0183. The number of carbonyl (C=O) groups is 11. The van der Waals surface area contributed by atoms with Gasteiger partial charge in [0.05, 0.1) is 91.5 Å². The summed E-state index contributed by atoms with van der Waals surface area (Å²) in [5, 5.41) is 8.42. The Bertz CT molecular complexity index is 5270. The predicted molar refractivity (Wildman–Crippen MR) is 511 cm³/mol. The minimum Gasteiger partial charge on any atom is -0.465 e. The van der Waals surface area contributed by atoms with Gasteiger partial charge in [0.15, 0.2) is 43.0 Å². The Morgan fingerprint density at radius 2 is 0.836 bits per heavy atom. The van der Waals surface area contributed by atoms with Crippen LogP contribution in [-0.4, -0.2) is 291 Å². The third-order valence-electron chi connectivity index (χ3n) is 24.9. The van der Waals surface area contributed by atoms with Gasteiger partial charge in [0, 0.05) is 77.0 Å². The molecule has 0 radical (unpaired) electrons. The molecule has 0 aromatic heterocycles. The van der Waals surface area contributed by atoms with Crippen molar-refractivity contribution in [2.24, 2.45) is 0 Å². The highest BCUT2D eigenvalue weighted by Gasteiger charge is 2.68. The van der Waals surface area contributed by atoms with Crippen molar-refractivity contribution in [3.05, 3.63) is 215 Å². The molecule has 3 N–H and O–H groups in total. The second-order valence-electron chi connectivity index (χ2n) is 38.3. The largest absolute Gasteiger partial charge is 0.465 e. The third-order valence-corrected chi connectivity index (χ3v) is 26.6. The Morgan fingerprint density at radius 1 is 0.418 bits per heavy atom. The fourth-order valence-electron chi connectivity index (χ4n) is 18.7. The van der Waals surface area contributed by atoms with E-state index in [-0.39, 0.29) is 52.9 Å². The van der Waals surface area contributed by atoms with E-state index in [0.29, 0.717) is 17.2 Å². The zero-order chi connectivity index (χ0) is 105. The minimum absolute atomic E-state index is 0.0267. The standard InChI is InChI=1S/C105H133N3O37Si/c1-61(109)106-83-77(131-66(6)114)49-105(144-91(83)86(133-68(8)116)81(132-67(7)115)59-125-64(4)112)102(119)129-60-82(140-105)89(134-69(9)117)92-84(107-62(2)110)76(130-65(5)113)48-104(143-92,101(118)120-12)145-95-88(138-98-85(108-63(3)111)93-90(141-103(10,11)142-93)80(135-98)58-123-52-72-38-26-18-27-39-72)79(57-122-51-71-36-24-17-25-37-71)137-100(97(95)128-55-75-44-32-21-33-45-75)139-87-78(56-121-50-70-34-22-16-23-35-70)136-99(124-46-47-146(13,14)15)96(127-54-74-42-30-20-31-43-74)94(87)126-53-73-40-28-19-29-41-73/h16-45,76-100H,46-60H2,1-15H3,(H,106,109)(H,107,110)(H,108,111)/t76-,77-,78+,79+,80+,81+,82+,83+,84+,85+,86+,87+,88-,89+,90-,91+,92+,93+,94-,95-,96+,97+,98-,99+,100-,104-,105+/m0/s1. The van der Waals surface area contributed by atoms with E-state index >= 15 is 9.59 Å². The molecule has 3 amide bonds. The maximum absolute atomic E-state index is 16.8. The van der Waals surface area contributed by atoms with E-state index in [1.165, 1.54) is 6.92 Å². The van der Waals surface area contributed by atoms with E-state index < -0.39 is 283 Å². The minimum atomic E-state index is -3.26. The van der Waals surface area contributed by atoms with Gasteiger partial charge in [-0.3, -0.25) is 43.2 Å². The van der Waals surface area contributed by atoms with Crippen molar-refractivity contribution in [2.75, 3.05) is 46.8 Å². The summed E-state index contributed by atoms with van der Waals surface area (Å²) in [5.41, 5.74) is 4.25. The summed E-state index contributed by atoms with van der Waals surface area (Å²) in [5.74, 6) is -19.3. The summed E-state index contributed by atoms with van der Waals surface area (Å²) in [6, 6.07) is 51.2. The fourth-order valence-corrected chi connectivity index (χ4v) is 19.4. The number of carbonyl (C=O) groups excluding carboxylic acids is 11. The number of methoxy groups -OCH3 is 1. The van der Waals surface area contributed by atoms with E-state index in [9.17, 15) is 43.2 Å². The van der Waals surface area contributed by atoms with Gasteiger partial charge >= 0.3 is 47.8 Å². The molecule has 794 valence electrons. The van der Waals surface area contributed by atoms with Crippen LogP contribution in [0, 0.1) is 0 Å². The first-order valence-electron chi connectivity index (χ1n) is 48.7. The molecular weight excluding hydrogens is 1920 g/mol. The second-order valence-corrected chi connectivity index (χ2v) is 44.0. The molecule has 0 bridgehead atoms. The molecule has 6 aromatic rings. The zero-order valence-electron chi connectivity index (χ0n) is 84.5. The van der Waals surface area contributed by atoms with Gasteiger partial charge in [-0.1, -0.05) is 202 Å². The number of nitrogens with one attached hydrogen (secondary N) is 3. The summed E-state index contributed by atoms with van der Waals surface area (Å²) in [6.45, 7) is 16.1. The number of ether oxygens (including phenoxy) is 26. The van der Waals surface area contributed by atoms with Gasteiger partial charge < -0.3 is 139 Å². The number of cyclic esters (lactones) is 1. The van der Waals surface area contributed by atoms with Crippen LogP contribution >= 0.6 is 0 Å². The average Bonchev–Trinajstić information content (AvgIpc) is 1.63. The van der Waals surface area contributed by atoms with Gasteiger partial charge in [0.25, 0.3) is 11.6 Å². The third kappa shape index (κ3) is 31.1. The number of amides is 3. The van der Waals surface area contributed by atoms with Gasteiger partial charge in [0.1, 0.15) is 117 Å². The molecule has 7 saturated heterocycles. The van der Waals surface area contributed by atoms with E-state index in [1.54, 1.807) is 44.2 Å². The van der Waals surface area contributed by atoms with Gasteiger partial charge in [-0.05, 0) is 53.3 Å². The fraction of sp³-hybridized carbons (Fsp3) is 0.552. The Labute approximate surface area is 848 Å². The lowest BCUT2D eigenvalue weighted by atomic mass is 9.86. The van der Waals surface area contributed by atoms with Crippen molar-refractivity contribution in [3.8, 4) is 0 Å². The van der Waals surface area contributed by atoms with Crippen LogP contribution in [0.4, 0.5) is 0 Å². The summed E-state index contributed by atoms with van der Waals surface area (Å²) in [6.07, 6.45) is -39.5. The molecule has 7 aliphatic rings. The average molecular weight is 2060 g/mol. The highest BCUT2D eigenvalue weighted by Crippen LogP contribution is 2.48. The lowest BCUT2D eigenvalue weighted by Crippen LogP contribution is -2.74. The molecule has 40 nitrogen and oxygen atoms in total. The number of rotatable bonds is 46. The maximum Gasteiger partial charge on any atom is 0.367 e. The Balaban J connectivity index is 1.04. The summed E-state index contributed by atoms with van der Waals surface area (Å²) >= 11 is 0. The van der Waals surface area contributed by atoms with Crippen LogP contribution in [0.25, 0.3) is 0 Å². The predicted octanol–water partition coefficient (Wildman–Crippen LogP) is 8.42. The molecule has 7 aliphatic heterocycles. The van der Waals surface area contributed by atoms with Crippen molar-refractivity contribution < 1.29 is 176 Å². The van der Waals surface area contributed by atoms with Crippen LogP contribution in [0.2, 0.25) is 25.7 Å². The van der Waals surface area contributed by atoms with Gasteiger partial charge in [-0.2, -0.15) is 0 Å². The van der Waals surface area contributed by atoms with Crippen LogP contribution in [0.3, 0.4) is 0 Å². The molecular formula is C105H133N3O37Si. The maximum atomic E-state index is 16.8. The smallest absolute Gasteiger partial charge is 0.367 e. The first kappa shape index (κ1) is 112. The van der Waals surface area contributed by atoms with Crippen LogP contribution in [0.5, 0.6) is 0 Å². The molecule has 7 heterocycles. The molecule has 0 saturated carbocycles. The van der Waals surface area contributed by atoms with Crippen molar-refractivity contribution in [2.45, 2.75) is 325 Å². The Hall–Kier alpha value is -11.0. The molecule has 27 atom stereocenters. The van der Waals surface area contributed by atoms with Gasteiger partial charge in [-0.25, -0.2) is 9.59 Å². The van der Waals surface area contributed by atoms with Crippen molar-refractivity contribution >= 4 is 73.5 Å². The lowest BCUT2D eigenvalue weighted by molar-refractivity contribution is -0.408. The molecule has 1 spiro atoms. The summed E-state index contributed by atoms with van der Waals surface area (Å²) < 4.78 is 177. The zero-order valence-corrected chi connectivity index (χ0v) is 85.5. The highest BCUT2D eigenvalue weighted by molar-refractivity contribution is 6.76. The topological polar surface area (TPSA) is 464 Å². The van der Waals surface area contributed by atoms with Crippen molar-refractivity contribution in [1.82, 2.24) is 16.0 Å². The van der Waals surface area contributed by atoms with Crippen molar-refractivity contribution in [1.29, 1.82) is 0 Å². The Kier molecular flexibility index (Phi) is 40.1. The van der Waals surface area contributed by atoms with Crippen LogP contribution < -0.4 is 16.0 Å². The van der Waals surface area contributed by atoms with E-state index in [1.807, 2.05) is 152 Å². The number of hydrogen-bond acceptors (Lipinski definition) is 37.